The van der Waals surface area contributed by atoms with Gasteiger partial charge in [-0.2, -0.15) is 0 Å². The van der Waals surface area contributed by atoms with Crippen molar-refractivity contribution in [2.75, 3.05) is 17.2 Å². The van der Waals surface area contributed by atoms with Crippen LogP contribution in [0.4, 0.5) is 11.4 Å². The second-order valence-electron chi connectivity index (χ2n) is 4.72. The van der Waals surface area contributed by atoms with Gasteiger partial charge in [0.25, 0.3) is 0 Å². The number of carbonyl (C=O) groups is 1. The molecular formula is C16H17ClN2O2. The summed E-state index contributed by atoms with van der Waals surface area (Å²) in [7, 11) is 0. The molecule has 0 spiro atoms. The van der Waals surface area contributed by atoms with Gasteiger partial charge in [-0.1, -0.05) is 41.9 Å². The number of halogens is 1. The number of hydrogen-bond acceptors (Lipinski definition) is 3. The minimum Gasteiger partial charge on any atom is -0.481 e. The molecule has 0 fully saturated rings. The average Bonchev–Trinajstić information content (AvgIpc) is 2.46. The lowest BCUT2D eigenvalue weighted by atomic mass is 10.1. The van der Waals surface area contributed by atoms with Crippen molar-refractivity contribution in [1.82, 2.24) is 0 Å². The van der Waals surface area contributed by atoms with Crippen LogP contribution >= 0.6 is 11.6 Å². The Morgan fingerprint density at radius 1 is 1.14 bits per heavy atom. The lowest BCUT2D eigenvalue weighted by molar-refractivity contribution is -0.136. The van der Waals surface area contributed by atoms with Crippen LogP contribution in [0, 0.1) is 0 Å². The highest BCUT2D eigenvalue weighted by Crippen LogP contribution is 2.26. The van der Waals surface area contributed by atoms with Crippen molar-refractivity contribution in [3.8, 4) is 0 Å². The number of nitrogens with two attached hydrogens (primary N) is 1. The molecule has 0 bridgehead atoms. The molecule has 4 nitrogen and oxygen atoms in total. The van der Waals surface area contributed by atoms with Crippen molar-refractivity contribution in [1.29, 1.82) is 0 Å². The zero-order valence-corrected chi connectivity index (χ0v) is 12.3. The van der Waals surface area contributed by atoms with Crippen molar-refractivity contribution >= 4 is 28.9 Å². The normalized spacial score (nSPS) is 10.3. The van der Waals surface area contributed by atoms with Crippen LogP contribution in [0.2, 0.25) is 5.02 Å². The Bertz CT molecular complexity index is 631. The molecule has 0 aliphatic rings. The third-order valence-electron chi connectivity index (χ3n) is 3.19. The summed E-state index contributed by atoms with van der Waals surface area (Å²) in [6.07, 6.45) is 0.0405. The smallest absolute Gasteiger partial charge is 0.305 e. The van der Waals surface area contributed by atoms with Gasteiger partial charge in [-0.05, 0) is 23.8 Å². The molecule has 0 amide bonds. The van der Waals surface area contributed by atoms with E-state index in [0.717, 1.165) is 11.3 Å². The summed E-state index contributed by atoms with van der Waals surface area (Å²) in [5.74, 6) is -0.839. The van der Waals surface area contributed by atoms with E-state index >= 15 is 0 Å². The maximum atomic E-state index is 10.9. The number of nitrogens with zero attached hydrogens (tertiary/aromatic N) is 1. The van der Waals surface area contributed by atoms with E-state index in [-0.39, 0.29) is 6.42 Å². The van der Waals surface area contributed by atoms with Gasteiger partial charge >= 0.3 is 5.97 Å². The zero-order chi connectivity index (χ0) is 15.2. The molecule has 21 heavy (non-hydrogen) atoms. The largest absolute Gasteiger partial charge is 0.481 e. The van der Waals surface area contributed by atoms with Gasteiger partial charge in [0.2, 0.25) is 0 Å². The van der Waals surface area contributed by atoms with Crippen molar-refractivity contribution in [2.24, 2.45) is 0 Å². The average molecular weight is 305 g/mol. The fourth-order valence-corrected chi connectivity index (χ4v) is 2.32. The van der Waals surface area contributed by atoms with E-state index in [1.165, 1.54) is 0 Å². The lowest BCUT2D eigenvalue weighted by Gasteiger charge is -2.26. The quantitative estimate of drug-likeness (QED) is 0.803. The number of nitrogen functional groups attached to an aromatic ring is 1. The van der Waals surface area contributed by atoms with E-state index in [1.54, 1.807) is 6.07 Å². The summed E-state index contributed by atoms with van der Waals surface area (Å²) in [6, 6.07) is 14.9. The molecule has 0 saturated heterocycles. The number of hydrogen-bond donors (Lipinski definition) is 2. The first kappa shape index (κ1) is 15.2. The summed E-state index contributed by atoms with van der Waals surface area (Å²) in [5, 5.41) is 9.57. The van der Waals surface area contributed by atoms with Gasteiger partial charge in [0.1, 0.15) is 0 Å². The van der Waals surface area contributed by atoms with Crippen LogP contribution in [0.25, 0.3) is 0 Å². The highest BCUT2D eigenvalue weighted by Gasteiger charge is 2.13. The topological polar surface area (TPSA) is 66.6 Å². The fourth-order valence-electron chi connectivity index (χ4n) is 2.12. The lowest BCUT2D eigenvalue weighted by Crippen LogP contribution is -2.26. The maximum absolute atomic E-state index is 10.9. The predicted molar refractivity (Wildman–Crippen MR) is 85.6 cm³/mol. The molecule has 3 N–H and O–H groups in total. The third kappa shape index (κ3) is 4.13. The van der Waals surface area contributed by atoms with Gasteiger partial charge in [-0.3, -0.25) is 4.79 Å². The number of anilines is 2. The molecule has 0 aliphatic heterocycles. The maximum Gasteiger partial charge on any atom is 0.305 e. The van der Waals surface area contributed by atoms with E-state index in [2.05, 4.69) is 0 Å². The summed E-state index contributed by atoms with van der Waals surface area (Å²) in [5.41, 5.74) is 8.37. The highest BCUT2D eigenvalue weighted by molar-refractivity contribution is 6.31. The summed E-state index contributed by atoms with van der Waals surface area (Å²) in [6.45, 7) is 0.885. The molecule has 0 unspecified atom stereocenters. The summed E-state index contributed by atoms with van der Waals surface area (Å²) in [4.78, 5) is 12.8. The van der Waals surface area contributed by atoms with Crippen LogP contribution in [-0.4, -0.2) is 17.6 Å². The standard InChI is InChI=1S/C16H17ClN2O2/c17-13-6-2-1-5-12(13)11-19(10-9-16(20)21)15-8-4-3-7-14(15)18/h1-8H,9-11,18H2,(H,20,21). The molecule has 2 aromatic rings. The van der Waals surface area contributed by atoms with Crippen LogP contribution in [-0.2, 0) is 11.3 Å². The molecular weight excluding hydrogens is 288 g/mol. The molecule has 110 valence electrons. The SMILES string of the molecule is Nc1ccccc1N(CCC(=O)O)Cc1ccccc1Cl. The minimum atomic E-state index is -0.839. The Morgan fingerprint density at radius 3 is 2.48 bits per heavy atom. The van der Waals surface area contributed by atoms with Crippen LogP contribution < -0.4 is 10.6 Å². The molecule has 0 aromatic heterocycles. The molecule has 0 radical (unpaired) electrons. The summed E-state index contributed by atoms with van der Waals surface area (Å²) >= 11 is 6.18. The minimum absolute atomic E-state index is 0.0405. The fraction of sp³-hybridized carbons (Fsp3) is 0.188. The van der Waals surface area contributed by atoms with Crippen LogP contribution in [0.3, 0.4) is 0 Å². The van der Waals surface area contributed by atoms with Crippen LogP contribution in [0.1, 0.15) is 12.0 Å². The van der Waals surface area contributed by atoms with Gasteiger partial charge in [0.15, 0.2) is 0 Å². The van der Waals surface area contributed by atoms with Gasteiger partial charge in [-0.25, -0.2) is 0 Å². The third-order valence-corrected chi connectivity index (χ3v) is 3.56. The predicted octanol–water partition coefficient (Wildman–Crippen LogP) is 3.40. The number of benzene rings is 2. The number of carboxylic acids is 1. The molecule has 5 heteroatoms. The number of carboxylic acid groups (broad SMARTS) is 1. The Labute approximate surface area is 128 Å². The molecule has 0 saturated carbocycles. The first-order chi connectivity index (χ1) is 10.1. The Balaban J connectivity index is 2.26. The van der Waals surface area contributed by atoms with E-state index in [4.69, 9.17) is 22.4 Å². The highest BCUT2D eigenvalue weighted by atomic mass is 35.5. The number of rotatable bonds is 6. The molecule has 0 aliphatic carbocycles. The van der Waals surface area contributed by atoms with Gasteiger partial charge < -0.3 is 15.7 Å². The number of aliphatic carboxylic acids is 1. The van der Waals surface area contributed by atoms with E-state index in [9.17, 15) is 4.79 Å². The van der Waals surface area contributed by atoms with E-state index < -0.39 is 5.97 Å². The molecule has 0 heterocycles. The second kappa shape index (κ2) is 6.99. The van der Waals surface area contributed by atoms with Crippen molar-refractivity contribution < 1.29 is 9.90 Å². The Hall–Kier alpha value is -2.20. The number of para-hydroxylation sites is 2. The van der Waals surface area contributed by atoms with Gasteiger partial charge in [0.05, 0.1) is 17.8 Å². The van der Waals surface area contributed by atoms with Crippen molar-refractivity contribution in [3.63, 3.8) is 0 Å². The zero-order valence-electron chi connectivity index (χ0n) is 11.5. The summed E-state index contributed by atoms with van der Waals surface area (Å²) < 4.78 is 0. The van der Waals surface area contributed by atoms with Crippen molar-refractivity contribution in [2.45, 2.75) is 13.0 Å². The molecule has 0 atom stereocenters. The monoisotopic (exact) mass is 304 g/mol. The van der Waals surface area contributed by atoms with Crippen LogP contribution in [0.15, 0.2) is 48.5 Å². The van der Waals surface area contributed by atoms with E-state index in [1.807, 2.05) is 47.4 Å². The second-order valence-corrected chi connectivity index (χ2v) is 5.12. The Kier molecular flexibility index (Phi) is 5.06. The first-order valence-corrected chi connectivity index (χ1v) is 7.00. The van der Waals surface area contributed by atoms with E-state index in [0.29, 0.717) is 23.8 Å². The molecule has 2 rings (SSSR count). The van der Waals surface area contributed by atoms with Gasteiger partial charge in [0, 0.05) is 18.1 Å². The van der Waals surface area contributed by atoms with Crippen LogP contribution in [0.5, 0.6) is 0 Å². The van der Waals surface area contributed by atoms with Gasteiger partial charge in [-0.15, -0.1) is 0 Å². The molecule has 2 aromatic carbocycles. The Morgan fingerprint density at radius 2 is 1.81 bits per heavy atom. The van der Waals surface area contributed by atoms with Crippen molar-refractivity contribution in [3.05, 3.63) is 59.1 Å². The first-order valence-electron chi connectivity index (χ1n) is 6.62.